The molecule has 4 heteroatoms. The van der Waals surface area contributed by atoms with Crippen molar-refractivity contribution >= 4 is 29.4 Å². The predicted octanol–water partition coefficient (Wildman–Crippen LogP) is 5.36. The normalized spacial score (nSPS) is 20.7. The van der Waals surface area contributed by atoms with Crippen LogP contribution in [-0.2, 0) is 6.42 Å². The van der Waals surface area contributed by atoms with Crippen LogP contribution in [0.1, 0.15) is 56.9 Å². The van der Waals surface area contributed by atoms with E-state index in [1.54, 1.807) is 0 Å². The summed E-state index contributed by atoms with van der Waals surface area (Å²) in [4.78, 5) is 12.7. The van der Waals surface area contributed by atoms with Crippen LogP contribution in [0, 0.1) is 0 Å². The minimum Gasteiger partial charge on any atom is -0.345 e. The van der Waals surface area contributed by atoms with Crippen molar-refractivity contribution in [3.05, 3.63) is 70.8 Å². The fourth-order valence-corrected chi connectivity index (χ4v) is 6.51. The average Bonchev–Trinajstić information content (AvgIpc) is 2.69. The summed E-state index contributed by atoms with van der Waals surface area (Å²) in [6, 6.07) is 16.8. The molecule has 2 aliphatic rings. The molecule has 0 aromatic heterocycles. The fourth-order valence-electron chi connectivity index (χ4n) is 3.62. The first-order valence-electron chi connectivity index (χ1n) is 9.03. The van der Waals surface area contributed by atoms with Gasteiger partial charge < -0.3 is 5.32 Å². The van der Waals surface area contributed by atoms with E-state index in [9.17, 15) is 4.79 Å². The monoisotopic (exact) mass is 369 g/mol. The van der Waals surface area contributed by atoms with Crippen LogP contribution in [0.15, 0.2) is 48.5 Å². The summed E-state index contributed by atoms with van der Waals surface area (Å²) in [6.45, 7) is 0. The summed E-state index contributed by atoms with van der Waals surface area (Å²) in [5.41, 5.74) is 4.75. The minimum atomic E-state index is 0.0391. The van der Waals surface area contributed by atoms with Crippen LogP contribution in [0.2, 0.25) is 0 Å². The molecule has 0 spiro atoms. The Morgan fingerprint density at radius 2 is 1.72 bits per heavy atom. The number of carbonyl (C=O) groups excluding carboxylic acids is 1. The van der Waals surface area contributed by atoms with E-state index in [0.29, 0.717) is 4.58 Å². The Hall–Kier alpha value is -1.39. The number of hydrogen-bond donors (Lipinski definition) is 1. The van der Waals surface area contributed by atoms with Gasteiger partial charge in [-0.15, -0.1) is 23.5 Å². The first-order chi connectivity index (χ1) is 12.3. The molecule has 4 rings (SSSR count). The number of fused-ring (bicyclic) bond motifs is 1. The molecule has 1 aliphatic carbocycles. The number of aryl methyl sites for hydroxylation is 1. The van der Waals surface area contributed by atoms with E-state index in [1.807, 2.05) is 35.7 Å². The molecule has 2 aromatic rings. The largest absolute Gasteiger partial charge is 0.345 e. The Balaban J connectivity index is 1.45. The molecule has 1 fully saturated rings. The highest BCUT2D eigenvalue weighted by Gasteiger charge is 2.22. The number of amides is 1. The maximum Gasteiger partial charge on any atom is 0.251 e. The maximum absolute atomic E-state index is 12.7. The number of nitrogens with one attached hydrogen (secondary N) is 1. The second-order valence-electron chi connectivity index (χ2n) is 6.67. The summed E-state index contributed by atoms with van der Waals surface area (Å²) in [6.07, 6.45) is 4.58. The molecule has 1 amide bonds. The molecule has 0 saturated carbocycles. The third-order valence-corrected chi connectivity index (χ3v) is 7.96. The Bertz CT molecular complexity index is 738. The van der Waals surface area contributed by atoms with Crippen LogP contribution in [0.25, 0.3) is 0 Å². The molecule has 1 heterocycles. The number of rotatable bonds is 3. The van der Waals surface area contributed by atoms with Gasteiger partial charge in [-0.2, -0.15) is 0 Å². The van der Waals surface area contributed by atoms with Gasteiger partial charge >= 0.3 is 0 Å². The van der Waals surface area contributed by atoms with Gasteiger partial charge in [0, 0.05) is 5.56 Å². The smallest absolute Gasteiger partial charge is 0.251 e. The lowest BCUT2D eigenvalue weighted by Gasteiger charge is -2.26. The summed E-state index contributed by atoms with van der Waals surface area (Å²) < 4.78 is 0.524. The summed E-state index contributed by atoms with van der Waals surface area (Å²) >= 11 is 4.03. The highest BCUT2D eigenvalue weighted by molar-refractivity contribution is 8.16. The third-order valence-electron chi connectivity index (χ3n) is 4.95. The van der Waals surface area contributed by atoms with Crippen LogP contribution in [-0.4, -0.2) is 17.4 Å². The van der Waals surface area contributed by atoms with Crippen molar-refractivity contribution in [1.29, 1.82) is 0 Å². The molecule has 1 unspecified atom stereocenters. The highest BCUT2D eigenvalue weighted by Crippen LogP contribution is 2.43. The third kappa shape index (κ3) is 3.90. The van der Waals surface area contributed by atoms with Gasteiger partial charge in [0.25, 0.3) is 5.91 Å². The van der Waals surface area contributed by atoms with Gasteiger partial charge in [-0.25, -0.2) is 0 Å². The predicted molar refractivity (Wildman–Crippen MR) is 108 cm³/mol. The number of benzene rings is 2. The second kappa shape index (κ2) is 7.88. The van der Waals surface area contributed by atoms with Crippen molar-refractivity contribution in [3.8, 4) is 0 Å². The van der Waals surface area contributed by atoms with E-state index in [4.69, 9.17) is 0 Å². The second-order valence-corrected chi connectivity index (χ2v) is 9.39. The molecule has 1 aliphatic heterocycles. The van der Waals surface area contributed by atoms with Crippen LogP contribution < -0.4 is 5.32 Å². The maximum atomic E-state index is 12.7. The van der Waals surface area contributed by atoms with Crippen molar-refractivity contribution in [1.82, 2.24) is 5.32 Å². The summed E-state index contributed by atoms with van der Waals surface area (Å²) in [5, 5.41) is 3.24. The molecule has 0 radical (unpaired) electrons. The zero-order valence-corrected chi connectivity index (χ0v) is 15.9. The highest BCUT2D eigenvalue weighted by atomic mass is 32.2. The van der Waals surface area contributed by atoms with Crippen molar-refractivity contribution in [3.63, 3.8) is 0 Å². The Morgan fingerprint density at radius 3 is 2.52 bits per heavy atom. The van der Waals surface area contributed by atoms with E-state index >= 15 is 0 Å². The first kappa shape index (κ1) is 17.0. The average molecular weight is 370 g/mol. The Labute approximate surface area is 158 Å². The van der Waals surface area contributed by atoms with Crippen LogP contribution >= 0.6 is 23.5 Å². The first-order valence-corrected chi connectivity index (χ1v) is 11.1. The molecule has 2 aromatic carbocycles. The fraction of sp³-hybridized carbons (Fsp3) is 0.381. The lowest BCUT2D eigenvalue weighted by atomic mass is 9.87. The van der Waals surface area contributed by atoms with Crippen molar-refractivity contribution in [2.45, 2.75) is 36.3 Å². The van der Waals surface area contributed by atoms with Gasteiger partial charge in [-0.3, -0.25) is 4.79 Å². The lowest BCUT2D eigenvalue weighted by molar-refractivity contribution is 0.0933. The minimum absolute atomic E-state index is 0.0391. The van der Waals surface area contributed by atoms with Crippen LogP contribution in [0.4, 0.5) is 0 Å². The van der Waals surface area contributed by atoms with Crippen LogP contribution in [0.3, 0.4) is 0 Å². The molecule has 1 N–H and O–H groups in total. The molecule has 1 atom stereocenters. The SMILES string of the molecule is O=C(NC1CCCc2ccccc21)c1ccc(C2SCCCS2)cc1. The molecule has 25 heavy (non-hydrogen) atoms. The van der Waals surface area contributed by atoms with E-state index in [0.717, 1.165) is 24.8 Å². The van der Waals surface area contributed by atoms with Crippen molar-refractivity contribution in [2.24, 2.45) is 0 Å². The molecular formula is C21H23NOS2. The zero-order chi connectivity index (χ0) is 17.1. The lowest BCUT2D eigenvalue weighted by Crippen LogP contribution is -2.30. The van der Waals surface area contributed by atoms with Gasteiger partial charge in [-0.05, 0) is 66.0 Å². The zero-order valence-electron chi connectivity index (χ0n) is 14.2. The topological polar surface area (TPSA) is 29.1 Å². The molecular weight excluding hydrogens is 346 g/mol. The van der Waals surface area contributed by atoms with Gasteiger partial charge in [0.2, 0.25) is 0 Å². The van der Waals surface area contributed by atoms with Gasteiger partial charge in [0.15, 0.2) is 0 Å². The number of carbonyl (C=O) groups is 1. The summed E-state index contributed by atoms with van der Waals surface area (Å²) in [5.74, 6) is 2.51. The van der Waals surface area contributed by atoms with Gasteiger partial charge in [-0.1, -0.05) is 36.4 Å². The van der Waals surface area contributed by atoms with E-state index < -0.39 is 0 Å². The van der Waals surface area contributed by atoms with Crippen molar-refractivity contribution < 1.29 is 4.79 Å². The Morgan fingerprint density at radius 1 is 0.960 bits per heavy atom. The van der Waals surface area contributed by atoms with Gasteiger partial charge in [0.1, 0.15) is 0 Å². The standard InChI is InChI=1S/C21H23NOS2/c23-20(22-19-8-3-6-15-5-1-2-7-18(15)19)16-9-11-17(12-10-16)21-24-13-4-14-25-21/h1-2,5,7,9-12,19,21H,3-4,6,8,13-14H2,(H,22,23). The number of thioether (sulfide) groups is 2. The van der Waals surface area contributed by atoms with Gasteiger partial charge in [0.05, 0.1) is 10.6 Å². The molecule has 130 valence electrons. The molecule has 0 bridgehead atoms. The van der Waals surface area contributed by atoms with E-state index in [2.05, 4.69) is 41.7 Å². The van der Waals surface area contributed by atoms with Crippen molar-refractivity contribution in [2.75, 3.05) is 11.5 Å². The Kier molecular flexibility index (Phi) is 5.37. The quantitative estimate of drug-likeness (QED) is 0.789. The van der Waals surface area contributed by atoms with E-state index in [-0.39, 0.29) is 11.9 Å². The number of hydrogen-bond acceptors (Lipinski definition) is 3. The molecule has 1 saturated heterocycles. The summed E-state index contributed by atoms with van der Waals surface area (Å²) in [7, 11) is 0. The molecule has 2 nitrogen and oxygen atoms in total. The van der Waals surface area contributed by atoms with Crippen LogP contribution in [0.5, 0.6) is 0 Å². The van der Waals surface area contributed by atoms with E-state index in [1.165, 1.54) is 34.6 Å².